The molecule has 2 atom stereocenters. The van der Waals surface area contributed by atoms with Gasteiger partial charge in [0.1, 0.15) is 0 Å². The van der Waals surface area contributed by atoms with Crippen LogP contribution in [-0.2, 0) is 4.74 Å². The van der Waals surface area contributed by atoms with Crippen LogP contribution in [0.5, 0.6) is 0 Å². The van der Waals surface area contributed by atoms with E-state index in [0.717, 1.165) is 19.4 Å². The summed E-state index contributed by atoms with van der Waals surface area (Å²) in [7, 11) is 0. The zero-order valence-corrected chi connectivity index (χ0v) is 9.78. The molecular weight excluding hydrogens is 200 g/mol. The van der Waals surface area contributed by atoms with Crippen molar-refractivity contribution in [3.63, 3.8) is 0 Å². The molecule has 3 heteroatoms. The van der Waals surface area contributed by atoms with E-state index < -0.39 is 0 Å². The molecule has 0 aliphatic carbocycles. The van der Waals surface area contributed by atoms with Gasteiger partial charge in [-0.3, -0.25) is 11.3 Å². The third-order valence-electron chi connectivity index (χ3n) is 3.20. The predicted octanol–water partition coefficient (Wildman–Crippen LogP) is 2.07. The topological polar surface area (TPSA) is 47.3 Å². The van der Waals surface area contributed by atoms with Gasteiger partial charge in [-0.2, -0.15) is 0 Å². The van der Waals surface area contributed by atoms with E-state index >= 15 is 0 Å². The van der Waals surface area contributed by atoms with Crippen LogP contribution in [0.25, 0.3) is 0 Å². The van der Waals surface area contributed by atoms with Crippen molar-refractivity contribution in [2.45, 2.75) is 38.3 Å². The van der Waals surface area contributed by atoms with Crippen LogP contribution >= 0.6 is 0 Å². The standard InChI is InChI=1S/C13H20N2O/c1-10-4-6-11(7-5-10)13(15-14)9-12-3-2-8-16-12/h4-7,12-13,15H,2-3,8-9,14H2,1H3. The minimum atomic E-state index is 0.198. The molecule has 1 fully saturated rings. The van der Waals surface area contributed by atoms with Gasteiger partial charge in [-0.15, -0.1) is 0 Å². The maximum absolute atomic E-state index is 5.63. The van der Waals surface area contributed by atoms with Gasteiger partial charge in [0.25, 0.3) is 0 Å². The van der Waals surface area contributed by atoms with Crippen LogP contribution in [0.4, 0.5) is 0 Å². The normalized spacial score (nSPS) is 22.2. The average Bonchev–Trinajstić information content (AvgIpc) is 2.80. The number of rotatable bonds is 4. The first-order valence-electron chi connectivity index (χ1n) is 5.94. The molecule has 0 amide bonds. The Balaban J connectivity index is 2.00. The molecule has 2 unspecified atom stereocenters. The van der Waals surface area contributed by atoms with Crippen molar-refractivity contribution in [1.82, 2.24) is 5.43 Å². The molecule has 0 radical (unpaired) electrons. The Bertz CT molecular complexity index is 317. The fraction of sp³-hybridized carbons (Fsp3) is 0.538. The zero-order chi connectivity index (χ0) is 11.4. The van der Waals surface area contributed by atoms with Gasteiger partial charge in [0, 0.05) is 12.6 Å². The molecule has 88 valence electrons. The summed E-state index contributed by atoms with van der Waals surface area (Å²) in [5.41, 5.74) is 5.40. The SMILES string of the molecule is Cc1ccc(C(CC2CCCO2)NN)cc1. The minimum Gasteiger partial charge on any atom is -0.378 e. The molecule has 1 aliphatic heterocycles. The Morgan fingerprint density at radius 2 is 2.19 bits per heavy atom. The Morgan fingerprint density at radius 3 is 2.75 bits per heavy atom. The first-order valence-corrected chi connectivity index (χ1v) is 5.94. The summed E-state index contributed by atoms with van der Waals surface area (Å²) in [6, 6.07) is 8.71. The van der Waals surface area contributed by atoms with Gasteiger partial charge in [0.2, 0.25) is 0 Å². The van der Waals surface area contributed by atoms with Crippen molar-refractivity contribution in [3.05, 3.63) is 35.4 Å². The Morgan fingerprint density at radius 1 is 1.44 bits per heavy atom. The van der Waals surface area contributed by atoms with Crippen molar-refractivity contribution in [2.75, 3.05) is 6.61 Å². The monoisotopic (exact) mass is 220 g/mol. The molecule has 1 aromatic carbocycles. The zero-order valence-electron chi connectivity index (χ0n) is 9.78. The van der Waals surface area contributed by atoms with Crippen LogP contribution < -0.4 is 11.3 Å². The van der Waals surface area contributed by atoms with Gasteiger partial charge < -0.3 is 4.74 Å². The Labute approximate surface area is 97.0 Å². The van der Waals surface area contributed by atoms with Gasteiger partial charge in [0.05, 0.1) is 6.10 Å². The Hall–Kier alpha value is -0.900. The highest BCUT2D eigenvalue weighted by Gasteiger charge is 2.20. The maximum Gasteiger partial charge on any atom is 0.0594 e. The number of aryl methyl sites for hydroxylation is 1. The van der Waals surface area contributed by atoms with Crippen LogP contribution in [0.15, 0.2) is 24.3 Å². The number of nitrogens with one attached hydrogen (secondary N) is 1. The van der Waals surface area contributed by atoms with Crippen LogP contribution in [0.1, 0.15) is 36.4 Å². The molecule has 0 spiro atoms. The van der Waals surface area contributed by atoms with Crippen LogP contribution in [0.3, 0.4) is 0 Å². The largest absolute Gasteiger partial charge is 0.378 e. The van der Waals surface area contributed by atoms with Crippen molar-refractivity contribution in [3.8, 4) is 0 Å². The molecule has 1 heterocycles. The molecule has 2 rings (SSSR count). The first-order chi connectivity index (χ1) is 7.79. The van der Waals surface area contributed by atoms with E-state index in [1.54, 1.807) is 0 Å². The highest BCUT2D eigenvalue weighted by Crippen LogP contribution is 2.24. The summed E-state index contributed by atoms with van der Waals surface area (Å²) in [6.07, 6.45) is 3.65. The highest BCUT2D eigenvalue weighted by atomic mass is 16.5. The number of ether oxygens (including phenoxy) is 1. The fourth-order valence-electron chi connectivity index (χ4n) is 2.19. The predicted molar refractivity (Wildman–Crippen MR) is 64.8 cm³/mol. The lowest BCUT2D eigenvalue weighted by Gasteiger charge is -2.20. The second kappa shape index (κ2) is 5.43. The van der Waals surface area contributed by atoms with Crippen LogP contribution in [0, 0.1) is 6.92 Å². The lowest BCUT2D eigenvalue weighted by Crippen LogP contribution is -2.30. The van der Waals surface area contributed by atoms with Crippen LogP contribution in [-0.4, -0.2) is 12.7 Å². The lowest BCUT2D eigenvalue weighted by molar-refractivity contribution is 0.0946. The molecule has 3 nitrogen and oxygen atoms in total. The molecule has 0 bridgehead atoms. The van der Waals surface area contributed by atoms with Crippen molar-refractivity contribution < 1.29 is 4.74 Å². The summed E-state index contributed by atoms with van der Waals surface area (Å²) < 4.78 is 5.63. The van der Waals surface area contributed by atoms with Gasteiger partial charge in [-0.05, 0) is 31.7 Å². The molecule has 16 heavy (non-hydrogen) atoms. The second-order valence-corrected chi connectivity index (χ2v) is 4.50. The summed E-state index contributed by atoms with van der Waals surface area (Å²) in [5.74, 6) is 5.62. The molecule has 1 saturated heterocycles. The van der Waals surface area contributed by atoms with Crippen molar-refractivity contribution >= 4 is 0 Å². The quantitative estimate of drug-likeness (QED) is 0.603. The van der Waals surface area contributed by atoms with E-state index in [2.05, 4.69) is 36.6 Å². The fourth-order valence-corrected chi connectivity index (χ4v) is 2.19. The van der Waals surface area contributed by atoms with E-state index in [0.29, 0.717) is 6.10 Å². The third-order valence-corrected chi connectivity index (χ3v) is 3.20. The number of hydrogen-bond donors (Lipinski definition) is 2. The van der Waals surface area contributed by atoms with Gasteiger partial charge >= 0.3 is 0 Å². The van der Waals surface area contributed by atoms with E-state index in [-0.39, 0.29) is 6.04 Å². The van der Waals surface area contributed by atoms with Gasteiger partial charge in [-0.25, -0.2) is 0 Å². The minimum absolute atomic E-state index is 0.198. The maximum atomic E-state index is 5.63. The molecule has 3 N–H and O–H groups in total. The summed E-state index contributed by atoms with van der Waals surface area (Å²) in [4.78, 5) is 0. The molecule has 1 aliphatic rings. The number of hydrazine groups is 1. The summed E-state index contributed by atoms with van der Waals surface area (Å²) in [6.45, 7) is 2.99. The van der Waals surface area contributed by atoms with Gasteiger partial charge in [0.15, 0.2) is 0 Å². The van der Waals surface area contributed by atoms with Gasteiger partial charge in [-0.1, -0.05) is 29.8 Å². The van der Waals surface area contributed by atoms with E-state index in [4.69, 9.17) is 10.6 Å². The average molecular weight is 220 g/mol. The van der Waals surface area contributed by atoms with Crippen LogP contribution in [0.2, 0.25) is 0 Å². The smallest absolute Gasteiger partial charge is 0.0594 e. The summed E-state index contributed by atoms with van der Waals surface area (Å²) >= 11 is 0. The second-order valence-electron chi connectivity index (χ2n) is 4.50. The summed E-state index contributed by atoms with van der Waals surface area (Å²) in [5, 5.41) is 0. The molecule has 1 aromatic rings. The number of hydrogen-bond acceptors (Lipinski definition) is 3. The number of benzene rings is 1. The highest BCUT2D eigenvalue weighted by molar-refractivity contribution is 5.24. The first kappa shape index (κ1) is 11.6. The van der Waals surface area contributed by atoms with Crippen molar-refractivity contribution in [2.24, 2.45) is 5.84 Å². The number of nitrogens with two attached hydrogens (primary N) is 1. The van der Waals surface area contributed by atoms with E-state index in [1.807, 2.05) is 0 Å². The van der Waals surface area contributed by atoms with Crippen molar-refractivity contribution in [1.29, 1.82) is 0 Å². The lowest BCUT2D eigenvalue weighted by atomic mass is 9.99. The third kappa shape index (κ3) is 2.82. The molecule has 0 aromatic heterocycles. The molecular formula is C13H20N2O. The molecule has 0 saturated carbocycles. The Kier molecular flexibility index (Phi) is 3.93. The van der Waals surface area contributed by atoms with E-state index in [1.165, 1.54) is 17.5 Å². The van der Waals surface area contributed by atoms with E-state index in [9.17, 15) is 0 Å².